The zero-order valence-electron chi connectivity index (χ0n) is 21.0. The van der Waals surface area contributed by atoms with Gasteiger partial charge in [0.2, 0.25) is 5.91 Å². The number of anilines is 3. The summed E-state index contributed by atoms with van der Waals surface area (Å²) in [5, 5.41) is -0.00838. The van der Waals surface area contributed by atoms with Crippen molar-refractivity contribution in [2.75, 3.05) is 35.2 Å². The van der Waals surface area contributed by atoms with E-state index in [1.54, 1.807) is 11.8 Å². The zero-order valence-corrected chi connectivity index (χ0v) is 22.6. The van der Waals surface area contributed by atoms with Crippen LogP contribution < -0.4 is 9.80 Å². The van der Waals surface area contributed by atoms with Gasteiger partial charge in [-0.05, 0) is 27.2 Å². The van der Waals surface area contributed by atoms with Crippen molar-refractivity contribution in [2.24, 2.45) is 0 Å². The Hall–Kier alpha value is -2.53. The summed E-state index contributed by atoms with van der Waals surface area (Å²) in [7, 11) is -3.41. The Balaban J connectivity index is 1.47. The van der Waals surface area contributed by atoms with Gasteiger partial charge in [0.05, 0.1) is 17.0 Å². The first-order valence-corrected chi connectivity index (χ1v) is 14.0. The zero-order chi connectivity index (χ0) is 26.2. The van der Waals surface area contributed by atoms with Gasteiger partial charge in [0.25, 0.3) is 0 Å². The molecule has 3 atom stereocenters. The minimum absolute atomic E-state index is 0.00838. The fraction of sp³-hybridized carbons (Fsp3) is 0.583. The Morgan fingerprint density at radius 3 is 2.42 bits per heavy atom. The highest BCUT2D eigenvalue weighted by atomic mass is 35.5. The smallest absolute Gasteiger partial charge is 0.244 e. The van der Waals surface area contributed by atoms with Crippen LogP contribution in [0.15, 0.2) is 18.6 Å². The number of sulfone groups is 1. The molecule has 9 nitrogen and oxygen atoms in total. The van der Waals surface area contributed by atoms with E-state index >= 15 is 0 Å². The number of amides is 1. The minimum atomic E-state index is -3.41. The third-order valence-electron chi connectivity index (χ3n) is 7.87. The first kappa shape index (κ1) is 25.1. The van der Waals surface area contributed by atoms with Crippen molar-refractivity contribution in [3.8, 4) is 0 Å². The predicted octanol–water partition coefficient (Wildman–Crippen LogP) is 3.10. The molecule has 194 valence electrons. The van der Waals surface area contributed by atoms with E-state index in [0.29, 0.717) is 37.7 Å². The molecule has 0 saturated carbocycles. The Morgan fingerprint density at radius 1 is 1.11 bits per heavy atom. The first-order chi connectivity index (χ1) is 16.8. The number of hydrogen-bond acceptors (Lipinski definition) is 8. The summed E-state index contributed by atoms with van der Waals surface area (Å²) in [6.07, 6.45) is 2.97. The summed E-state index contributed by atoms with van der Waals surface area (Å²) in [5.41, 5.74) is 0.595. The molecule has 0 bridgehead atoms. The van der Waals surface area contributed by atoms with Gasteiger partial charge in [-0.2, -0.15) is 0 Å². The molecule has 3 aliphatic rings. The monoisotopic (exact) mass is 536 g/mol. The van der Waals surface area contributed by atoms with Crippen molar-refractivity contribution in [3.05, 3.63) is 35.0 Å². The number of halogens is 2. The molecule has 0 aliphatic carbocycles. The summed E-state index contributed by atoms with van der Waals surface area (Å²) in [5.74, 6) is 1.13. The lowest BCUT2D eigenvalue weighted by Gasteiger charge is -2.49. The van der Waals surface area contributed by atoms with Gasteiger partial charge in [0, 0.05) is 48.8 Å². The van der Waals surface area contributed by atoms with E-state index < -0.39 is 20.4 Å². The molecule has 0 spiro atoms. The number of piperazine rings is 1. The second kappa shape index (κ2) is 8.24. The van der Waals surface area contributed by atoms with Crippen LogP contribution in [0.5, 0.6) is 0 Å². The normalized spacial score (nSPS) is 28.6. The van der Waals surface area contributed by atoms with Crippen LogP contribution >= 0.6 is 11.6 Å². The predicted molar refractivity (Wildman–Crippen MR) is 136 cm³/mol. The lowest BCUT2D eigenvalue weighted by molar-refractivity contribution is -0.137. The van der Waals surface area contributed by atoms with E-state index in [1.807, 2.05) is 18.7 Å². The van der Waals surface area contributed by atoms with Crippen LogP contribution in [0.2, 0.25) is 5.02 Å². The van der Waals surface area contributed by atoms with Gasteiger partial charge in [-0.15, -0.1) is 0 Å². The molecule has 0 unspecified atom stereocenters. The molecule has 2 fully saturated rings. The quantitative estimate of drug-likeness (QED) is 0.590. The molecule has 2 aromatic heterocycles. The van der Waals surface area contributed by atoms with E-state index in [4.69, 9.17) is 11.6 Å². The van der Waals surface area contributed by atoms with Crippen LogP contribution in [-0.2, 0) is 20.0 Å². The van der Waals surface area contributed by atoms with E-state index in [1.165, 1.54) is 12.4 Å². The Morgan fingerprint density at radius 2 is 1.81 bits per heavy atom. The van der Waals surface area contributed by atoms with Gasteiger partial charge >= 0.3 is 0 Å². The SMILES string of the molecule is C[C@@H]1CN(c2ncnc3c2C(C)(C)CN3c2cc(Cl)c(F)cn2)[C@@H](C)CN1C(=O)[C@@]1(C)CCS1(=O)=O. The lowest BCUT2D eigenvalue weighted by Crippen LogP contribution is -2.66. The standard InChI is InChI=1S/C24H30ClFN6O3S/c1-14-11-31(22(33)24(5)6-7-36(24,34)35)15(2)10-30(14)20-19-21(29-13-28-20)32(12-23(19,3)4)18-8-16(25)17(26)9-27-18/h8-9,13-15H,6-7,10-12H2,1-5H3/t14-,15+,24+/m0/s1. The molecule has 5 rings (SSSR count). The molecule has 2 saturated heterocycles. The third kappa shape index (κ3) is 3.65. The van der Waals surface area contributed by atoms with Gasteiger partial charge in [-0.1, -0.05) is 25.4 Å². The van der Waals surface area contributed by atoms with E-state index in [0.717, 1.165) is 17.6 Å². The van der Waals surface area contributed by atoms with Crippen LogP contribution in [0.1, 0.15) is 46.6 Å². The maximum absolute atomic E-state index is 13.7. The highest BCUT2D eigenvalue weighted by Crippen LogP contribution is 2.47. The molecule has 2 aromatic rings. The van der Waals surface area contributed by atoms with Crippen molar-refractivity contribution < 1.29 is 17.6 Å². The van der Waals surface area contributed by atoms with Crippen molar-refractivity contribution in [3.63, 3.8) is 0 Å². The molecule has 0 aromatic carbocycles. The summed E-state index contributed by atoms with van der Waals surface area (Å²) < 4.78 is 37.2. The average Bonchev–Trinajstić information content (AvgIpc) is 3.11. The lowest BCUT2D eigenvalue weighted by atomic mass is 9.87. The minimum Gasteiger partial charge on any atom is -0.350 e. The second-order valence-corrected chi connectivity index (χ2v) is 13.9. The summed E-state index contributed by atoms with van der Waals surface area (Å²) in [6.45, 7) is 11.1. The number of fused-ring (bicyclic) bond motifs is 1. The van der Waals surface area contributed by atoms with Crippen LogP contribution in [0, 0.1) is 5.82 Å². The topological polar surface area (TPSA) is 99.6 Å². The van der Waals surface area contributed by atoms with Gasteiger partial charge in [0.15, 0.2) is 15.7 Å². The van der Waals surface area contributed by atoms with Crippen LogP contribution in [0.3, 0.4) is 0 Å². The second-order valence-electron chi connectivity index (χ2n) is 10.9. The van der Waals surface area contributed by atoms with Crippen LogP contribution in [-0.4, -0.2) is 76.4 Å². The number of carbonyl (C=O) groups is 1. The van der Waals surface area contributed by atoms with E-state index in [9.17, 15) is 17.6 Å². The molecular weight excluding hydrogens is 507 g/mol. The Kier molecular flexibility index (Phi) is 5.75. The summed E-state index contributed by atoms with van der Waals surface area (Å²) in [6, 6.07) is 1.19. The van der Waals surface area contributed by atoms with Crippen molar-refractivity contribution in [1.29, 1.82) is 0 Å². The highest BCUT2D eigenvalue weighted by molar-refractivity contribution is 7.95. The number of rotatable bonds is 3. The fourth-order valence-electron chi connectivity index (χ4n) is 5.51. The number of aromatic nitrogens is 3. The van der Waals surface area contributed by atoms with Crippen LogP contribution in [0.25, 0.3) is 0 Å². The van der Waals surface area contributed by atoms with Gasteiger partial charge < -0.3 is 14.7 Å². The Bertz CT molecular complexity index is 1360. The molecule has 0 radical (unpaired) electrons. The number of hydrogen-bond donors (Lipinski definition) is 0. The molecular formula is C24H30ClFN6O3S. The first-order valence-electron chi connectivity index (χ1n) is 12.0. The molecule has 3 aliphatic heterocycles. The van der Waals surface area contributed by atoms with Crippen LogP contribution in [0.4, 0.5) is 21.8 Å². The van der Waals surface area contributed by atoms with Crippen molar-refractivity contribution in [1.82, 2.24) is 19.9 Å². The van der Waals surface area contributed by atoms with E-state index in [2.05, 4.69) is 33.7 Å². The maximum atomic E-state index is 13.7. The number of pyridine rings is 1. The number of nitrogens with zero attached hydrogens (tertiary/aromatic N) is 6. The van der Waals surface area contributed by atoms with Gasteiger partial charge in [0.1, 0.15) is 28.5 Å². The molecule has 36 heavy (non-hydrogen) atoms. The highest BCUT2D eigenvalue weighted by Gasteiger charge is 2.57. The average molecular weight is 537 g/mol. The maximum Gasteiger partial charge on any atom is 0.244 e. The molecule has 1 amide bonds. The molecule has 0 N–H and O–H groups in total. The van der Waals surface area contributed by atoms with E-state index in [-0.39, 0.29) is 34.2 Å². The summed E-state index contributed by atoms with van der Waals surface area (Å²) in [4.78, 5) is 32.6. The van der Waals surface area contributed by atoms with Crippen molar-refractivity contribution >= 4 is 44.8 Å². The van der Waals surface area contributed by atoms with Gasteiger partial charge in [-0.25, -0.2) is 27.8 Å². The fourth-order valence-corrected chi connectivity index (χ4v) is 7.19. The van der Waals surface area contributed by atoms with Gasteiger partial charge in [-0.3, -0.25) is 4.79 Å². The number of carbonyl (C=O) groups excluding carboxylic acids is 1. The molecule has 12 heteroatoms. The Labute approximate surface area is 215 Å². The van der Waals surface area contributed by atoms with Crippen molar-refractivity contribution in [2.45, 2.75) is 63.3 Å². The summed E-state index contributed by atoms with van der Waals surface area (Å²) >= 11 is 6.03. The largest absolute Gasteiger partial charge is 0.350 e. The third-order valence-corrected chi connectivity index (χ3v) is 10.7. The molecule has 5 heterocycles.